The summed E-state index contributed by atoms with van der Waals surface area (Å²) in [4.78, 5) is -4.38. The Hall–Kier alpha value is -3.20. The van der Waals surface area contributed by atoms with Gasteiger partial charge in [-0.2, -0.15) is 31.0 Å². The Bertz CT molecular complexity index is 1640. The zero-order valence-corrected chi connectivity index (χ0v) is 22.0. The van der Waals surface area contributed by atoms with Crippen LogP contribution in [0.1, 0.15) is 29.4 Å². The third-order valence-electron chi connectivity index (χ3n) is 6.00. The van der Waals surface area contributed by atoms with Crippen molar-refractivity contribution in [2.45, 2.75) is 38.3 Å². The van der Waals surface area contributed by atoms with Crippen molar-refractivity contribution in [2.24, 2.45) is 7.05 Å². The highest BCUT2D eigenvalue weighted by Crippen LogP contribution is 2.47. The molecule has 1 N–H and O–H groups in total. The SMILES string of the molecule is CCn1c(C)cc(C)[n+]1C.N=C1C2=Cc3ccccc3C2=CC(S(=O)(=O)C(F)(F)F)=C1S(=O)(=O)C(F)(F)F. The van der Waals surface area contributed by atoms with E-state index < -0.39 is 51.8 Å². The van der Waals surface area contributed by atoms with Gasteiger partial charge in [-0.3, -0.25) is 5.41 Å². The molecule has 0 atom stereocenters. The Morgan fingerprint density at radius 3 is 1.89 bits per heavy atom. The average molecular weight is 583 g/mol. The van der Waals surface area contributed by atoms with Crippen LogP contribution in [-0.4, -0.2) is 38.2 Å². The van der Waals surface area contributed by atoms with Crippen molar-refractivity contribution >= 4 is 37.0 Å². The van der Waals surface area contributed by atoms with Crippen molar-refractivity contribution in [3.63, 3.8) is 0 Å². The maximum absolute atomic E-state index is 13.0. The van der Waals surface area contributed by atoms with Crippen LogP contribution >= 0.6 is 0 Å². The second-order valence-corrected chi connectivity index (χ2v) is 12.1. The summed E-state index contributed by atoms with van der Waals surface area (Å²) in [5.74, 6) is 0. The summed E-state index contributed by atoms with van der Waals surface area (Å²) in [6.07, 6.45) is 1.32. The van der Waals surface area contributed by atoms with Crippen LogP contribution in [0.15, 0.2) is 51.8 Å². The summed E-state index contributed by atoms with van der Waals surface area (Å²) in [5.41, 5.74) is -11.3. The van der Waals surface area contributed by atoms with Gasteiger partial charge < -0.3 is 0 Å². The Morgan fingerprint density at radius 1 is 0.895 bits per heavy atom. The highest BCUT2D eigenvalue weighted by Gasteiger charge is 2.57. The number of benzene rings is 1. The van der Waals surface area contributed by atoms with Crippen LogP contribution in [0.4, 0.5) is 26.3 Å². The molecule has 1 aromatic heterocycles. The molecular weight excluding hydrogens is 560 g/mol. The molecule has 0 spiro atoms. The van der Waals surface area contributed by atoms with Gasteiger partial charge in [-0.05, 0) is 42.7 Å². The van der Waals surface area contributed by atoms with E-state index in [0.29, 0.717) is 0 Å². The molecule has 0 saturated heterocycles. The Kier molecular flexibility index (Phi) is 7.36. The molecular formula is C23H22F6N3O4S2+. The summed E-state index contributed by atoms with van der Waals surface area (Å²) in [5, 5.41) is 7.82. The van der Waals surface area contributed by atoms with Crippen LogP contribution in [0, 0.1) is 19.3 Å². The maximum Gasteiger partial charge on any atom is 0.502 e. The number of sulfone groups is 2. The predicted molar refractivity (Wildman–Crippen MR) is 128 cm³/mol. The molecule has 0 radical (unpaired) electrons. The first kappa shape index (κ1) is 29.4. The molecule has 0 amide bonds. The van der Waals surface area contributed by atoms with E-state index in [2.05, 4.69) is 43.2 Å². The first-order valence-electron chi connectivity index (χ1n) is 10.8. The van der Waals surface area contributed by atoms with Gasteiger partial charge in [-0.25, -0.2) is 16.8 Å². The molecule has 1 aromatic carbocycles. The molecule has 15 heteroatoms. The van der Waals surface area contributed by atoms with Gasteiger partial charge in [-0.15, -0.1) is 4.68 Å². The van der Waals surface area contributed by atoms with Gasteiger partial charge in [-0.1, -0.05) is 24.3 Å². The predicted octanol–water partition coefficient (Wildman–Crippen LogP) is 4.53. The van der Waals surface area contributed by atoms with E-state index in [-0.39, 0.29) is 22.8 Å². The fraction of sp³-hybridized carbons (Fsp3) is 0.304. The maximum atomic E-state index is 13.0. The lowest BCUT2D eigenvalue weighted by Crippen LogP contribution is -2.41. The number of rotatable bonds is 3. The number of nitrogens with zero attached hydrogens (tertiary/aromatic N) is 2. The zero-order chi connectivity index (χ0) is 29.0. The third-order valence-corrected chi connectivity index (χ3v) is 9.21. The molecule has 38 heavy (non-hydrogen) atoms. The number of hydrogen-bond donors (Lipinski definition) is 1. The van der Waals surface area contributed by atoms with E-state index >= 15 is 0 Å². The van der Waals surface area contributed by atoms with Crippen molar-refractivity contribution in [1.29, 1.82) is 5.41 Å². The van der Waals surface area contributed by atoms with E-state index in [4.69, 9.17) is 5.41 Å². The van der Waals surface area contributed by atoms with Gasteiger partial charge in [0.1, 0.15) is 4.91 Å². The van der Waals surface area contributed by atoms with E-state index in [1.54, 1.807) is 0 Å². The second kappa shape index (κ2) is 9.52. The van der Waals surface area contributed by atoms with Crippen LogP contribution < -0.4 is 4.68 Å². The number of nitrogens with one attached hydrogen (secondary N) is 1. The van der Waals surface area contributed by atoms with Crippen LogP contribution in [0.2, 0.25) is 0 Å². The molecule has 0 fully saturated rings. The molecule has 0 aliphatic heterocycles. The number of alkyl halides is 6. The molecule has 2 aromatic rings. The minimum absolute atomic E-state index is 0.153. The largest absolute Gasteiger partial charge is 0.502 e. The lowest BCUT2D eigenvalue weighted by Gasteiger charge is -2.23. The number of hydrogen-bond acceptors (Lipinski definition) is 5. The molecule has 7 nitrogen and oxygen atoms in total. The summed E-state index contributed by atoms with van der Waals surface area (Å²) in [7, 11) is -11.0. The average Bonchev–Trinajstić information content (AvgIpc) is 3.28. The minimum atomic E-state index is -6.58. The van der Waals surface area contributed by atoms with Crippen LogP contribution in [0.3, 0.4) is 0 Å². The highest BCUT2D eigenvalue weighted by molar-refractivity contribution is 8.00. The Labute approximate surface area is 214 Å². The fourth-order valence-corrected chi connectivity index (χ4v) is 6.58. The van der Waals surface area contributed by atoms with Gasteiger partial charge in [0.2, 0.25) is 5.69 Å². The van der Waals surface area contributed by atoms with Gasteiger partial charge >= 0.3 is 11.0 Å². The summed E-state index contributed by atoms with van der Waals surface area (Å²) >= 11 is 0. The van der Waals surface area contributed by atoms with Crippen molar-refractivity contribution in [3.05, 3.63) is 74.3 Å². The summed E-state index contributed by atoms with van der Waals surface area (Å²) in [6, 6.07) is 7.89. The molecule has 0 unspecified atom stereocenters. The molecule has 2 aliphatic rings. The molecule has 2 aliphatic carbocycles. The van der Waals surface area contributed by atoms with E-state index in [1.165, 1.54) is 35.7 Å². The van der Waals surface area contributed by atoms with Gasteiger partial charge in [0.05, 0.1) is 22.9 Å². The number of allylic oxidation sites excluding steroid dienone is 4. The number of aromatic nitrogens is 2. The third kappa shape index (κ3) is 4.72. The van der Waals surface area contributed by atoms with E-state index in [9.17, 15) is 43.2 Å². The lowest BCUT2D eigenvalue weighted by molar-refractivity contribution is -0.758. The second-order valence-electron chi connectivity index (χ2n) is 8.34. The molecule has 206 valence electrons. The Morgan fingerprint density at radius 2 is 1.45 bits per heavy atom. The first-order chi connectivity index (χ1) is 17.3. The van der Waals surface area contributed by atoms with Crippen molar-refractivity contribution < 1.29 is 47.9 Å². The van der Waals surface area contributed by atoms with E-state index in [1.807, 2.05) is 0 Å². The number of halogens is 6. The van der Waals surface area contributed by atoms with E-state index in [0.717, 1.165) is 12.6 Å². The quantitative estimate of drug-likeness (QED) is 0.425. The summed E-state index contributed by atoms with van der Waals surface area (Å²) in [6.45, 7) is 7.47. The lowest BCUT2D eigenvalue weighted by atomic mass is 9.95. The Balaban J connectivity index is 0.000000336. The smallest absolute Gasteiger partial charge is 0.299 e. The molecule has 0 bridgehead atoms. The minimum Gasteiger partial charge on any atom is -0.299 e. The molecule has 4 rings (SSSR count). The highest BCUT2D eigenvalue weighted by atomic mass is 32.2. The van der Waals surface area contributed by atoms with Crippen LogP contribution in [0.25, 0.3) is 11.6 Å². The molecule has 1 heterocycles. The van der Waals surface area contributed by atoms with Gasteiger partial charge in [0.15, 0.2) is 7.05 Å². The van der Waals surface area contributed by atoms with Crippen molar-refractivity contribution in [2.75, 3.05) is 0 Å². The summed E-state index contributed by atoms with van der Waals surface area (Å²) < 4.78 is 130. The zero-order valence-electron chi connectivity index (χ0n) is 20.4. The monoisotopic (exact) mass is 582 g/mol. The van der Waals surface area contributed by atoms with Crippen LogP contribution in [-0.2, 0) is 33.3 Å². The molecule has 0 saturated carbocycles. The first-order valence-corrected chi connectivity index (χ1v) is 13.8. The number of aryl methyl sites for hydroxylation is 2. The fourth-order valence-electron chi connectivity index (χ4n) is 4.12. The van der Waals surface area contributed by atoms with Gasteiger partial charge in [0.25, 0.3) is 19.7 Å². The van der Waals surface area contributed by atoms with Gasteiger partial charge in [0, 0.05) is 18.6 Å². The number of fused-ring (bicyclic) bond motifs is 3. The van der Waals surface area contributed by atoms with Crippen molar-refractivity contribution in [3.8, 4) is 0 Å². The topological polar surface area (TPSA) is 101 Å². The van der Waals surface area contributed by atoms with Crippen LogP contribution in [0.5, 0.6) is 0 Å². The standard InChI is InChI=1S/C15H7F6NO4S2.C8H15N2/c16-14(17,18)27(23,24)11-6-9-8-4-2-1-3-7(8)5-10(9)12(22)13(11)28(25,26)15(19,20)21;1-5-10-8(3)6-7(2)9(10)4/h1-6,22H;6H,5H2,1-4H3/q;+1. The normalized spacial score (nSPS) is 15.9. The van der Waals surface area contributed by atoms with Crippen molar-refractivity contribution in [1.82, 2.24) is 4.68 Å².